The van der Waals surface area contributed by atoms with Crippen LogP contribution in [0.25, 0.3) is 0 Å². The topological polar surface area (TPSA) is 49.7 Å². The highest BCUT2D eigenvalue weighted by Crippen LogP contribution is 2.16. The first kappa shape index (κ1) is 7.55. The molecule has 0 aromatic heterocycles. The van der Waals surface area contributed by atoms with Gasteiger partial charge in [0.2, 0.25) is 0 Å². The van der Waals surface area contributed by atoms with Crippen molar-refractivity contribution in [3.63, 3.8) is 0 Å². The molecule has 0 saturated carbocycles. The standard InChI is InChI=1S/C7H10O3/c1-2-5-3-4-6(8)7(9)10-5/h1,5-9H,3-4H2/t5?,6-,7?/m0/s1. The molecule has 0 aromatic carbocycles. The molecule has 0 amide bonds. The lowest BCUT2D eigenvalue weighted by Gasteiger charge is -2.27. The van der Waals surface area contributed by atoms with Gasteiger partial charge in [-0.2, -0.15) is 0 Å². The van der Waals surface area contributed by atoms with Gasteiger partial charge in [0.1, 0.15) is 12.2 Å². The Hall–Kier alpha value is -0.560. The van der Waals surface area contributed by atoms with E-state index in [0.29, 0.717) is 12.8 Å². The van der Waals surface area contributed by atoms with Gasteiger partial charge >= 0.3 is 0 Å². The lowest BCUT2D eigenvalue weighted by molar-refractivity contribution is -0.202. The molecule has 0 aliphatic carbocycles. The Morgan fingerprint density at radius 1 is 1.40 bits per heavy atom. The van der Waals surface area contributed by atoms with Crippen molar-refractivity contribution >= 4 is 0 Å². The minimum atomic E-state index is -1.10. The Kier molecular flexibility index (Phi) is 2.28. The van der Waals surface area contributed by atoms with Gasteiger partial charge in [0, 0.05) is 0 Å². The molecule has 3 nitrogen and oxygen atoms in total. The fourth-order valence-electron chi connectivity index (χ4n) is 0.914. The van der Waals surface area contributed by atoms with Crippen LogP contribution in [0.2, 0.25) is 0 Å². The third kappa shape index (κ3) is 1.48. The molecule has 0 bridgehead atoms. The van der Waals surface area contributed by atoms with Gasteiger partial charge in [-0.3, -0.25) is 0 Å². The predicted molar refractivity (Wildman–Crippen MR) is 35.0 cm³/mol. The van der Waals surface area contributed by atoms with Crippen LogP contribution < -0.4 is 0 Å². The molecule has 1 rings (SSSR count). The molecule has 0 radical (unpaired) electrons. The average molecular weight is 142 g/mol. The van der Waals surface area contributed by atoms with E-state index < -0.39 is 12.4 Å². The zero-order valence-electron chi connectivity index (χ0n) is 5.53. The maximum absolute atomic E-state index is 8.95. The minimum absolute atomic E-state index is 0.335. The van der Waals surface area contributed by atoms with E-state index in [0.717, 1.165) is 0 Å². The molecular weight excluding hydrogens is 132 g/mol. The largest absolute Gasteiger partial charge is 0.388 e. The molecule has 56 valence electrons. The first-order valence-corrected chi connectivity index (χ1v) is 3.21. The summed E-state index contributed by atoms with van der Waals surface area (Å²) in [4.78, 5) is 0. The Labute approximate surface area is 59.6 Å². The highest BCUT2D eigenvalue weighted by molar-refractivity contribution is 4.96. The van der Waals surface area contributed by atoms with Gasteiger partial charge in [0.15, 0.2) is 6.29 Å². The summed E-state index contributed by atoms with van der Waals surface area (Å²) in [5.74, 6) is 2.36. The molecule has 10 heavy (non-hydrogen) atoms. The molecule has 1 aliphatic heterocycles. The monoisotopic (exact) mass is 142 g/mol. The Bertz CT molecular complexity index is 149. The molecule has 1 aliphatic rings. The lowest BCUT2D eigenvalue weighted by atomic mass is 10.1. The summed E-state index contributed by atoms with van der Waals surface area (Å²) < 4.78 is 4.82. The molecule has 1 fully saturated rings. The molecule has 3 heteroatoms. The van der Waals surface area contributed by atoms with E-state index in [9.17, 15) is 0 Å². The van der Waals surface area contributed by atoms with Gasteiger partial charge in [-0.25, -0.2) is 0 Å². The van der Waals surface area contributed by atoms with Crippen molar-refractivity contribution in [2.75, 3.05) is 0 Å². The van der Waals surface area contributed by atoms with E-state index in [1.54, 1.807) is 0 Å². The Morgan fingerprint density at radius 2 is 2.10 bits per heavy atom. The number of terminal acetylenes is 1. The van der Waals surface area contributed by atoms with E-state index >= 15 is 0 Å². The first-order chi connectivity index (χ1) is 4.74. The van der Waals surface area contributed by atoms with E-state index in [1.807, 2.05) is 0 Å². The van der Waals surface area contributed by atoms with E-state index in [2.05, 4.69) is 5.92 Å². The quantitative estimate of drug-likeness (QED) is 0.447. The zero-order chi connectivity index (χ0) is 7.56. The van der Waals surface area contributed by atoms with Crippen LogP contribution in [0, 0.1) is 12.3 Å². The van der Waals surface area contributed by atoms with Crippen LogP contribution >= 0.6 is 0 Å². The number of aliphatic hydroxyl groups excluding tert-OH is 2. The molecule has 2 unspecified atom stereocenters. The number of hydrogen-bond donors (Lipinski definition) is 2. The summed E-state index contributed by atoms with van der Waals surface area (Å²) in [6, 6.07) is 0. The third-order valence-corrected chi connectivity index (χ3v) is 1.54. The minimum Gasteiger partial charge on any atom is -0.388 e. The number of rotatable bonds is 0. The first-order valence-electron chi connectivity index (χ1n) is 3.21. The number of aliphatic hydroxyl groups is 2. The van der Waals surface area contributed by atoms with E-state index in [-0.39, 0.29) is 6.10 Å². The Balaban J connectivity index is 2.42. The van der Waals surface area contributed by atoms with Crippen LogP contribution in [0.1, 0.15) is 12.8 Å². The summed E-state index contributed by atoms with van der Waals surface area (Å²) in [6.07, 6.45) is 3.96. The maximum Gasteiger partial charge on any atom is 0.182 e. The van der Waals surface area contributed by atoms with Crippen molar-refractivity contribution in [3.05, 3.63) is 0 Å². The molecule has 1 heterocycles. The zero-order valence-corrected chi connectivity index (χ0v) is 5.53. The van der Waals surface area contributed by atoms with E-state index in [4.69, 9.17) is 21.4 Å². The van der Waals surface area contributed by atoms with Crippen LogP contribution in [0.3, 0.4) is 0 Å². The summed E-state index contributed by atoms with van der Waals surface area (Å²) in [7, 11) is 0. The highest BCUT2D eigenvalue weighted by atomic mass is 16.6. The van der Waals surface area contributed by atoms with Crippen molar-refractivity contribution in [1.29, 1.82) is 0 Å². The highest BCUT2D eigenvalue weighted by Gasteiger charge is 2.26. The van der Waals surface area contributed by atoms with Crippen LogP contribution in [0.4, 0.5) is 0 Å². The van der Waals surface area contributed by atoms with Crippen LogP contribution in [-0.4, -0.2) is 28.7 Å². The molecule has 3 atom stereocenters. The Morgan fingerprint density at radius 3 is 2.60 bits per heavy atom. The van der Waals surface area contributed by atoms with Crippen molar-refractivity contribution in [2.24, 2.45) is 0 Å². The van der Waals surface area contributed by atoms with Crippen LogP contribution in [0.15, 0.2) is 0 Å². The normalized spacial score (nSPS) is 40.7. The molecular formula is C7H10O3. The lowest BCUT2D eigenvalue weighted by Crippen LogP contribution is -2.37. The predicted octanol–water partition coefficient (Wildman–Crippen LogP) is -0.522. The maximum atomic E-state index is 8.95. The van der Waals surface area contributed by atoms with Crippen LogP contribution in [0.5, 0.6) is 0 Å². The van der Waals surface area contributed by atoms with E-state index in [1.165, 1.54) is 0 Å². The molecule has 1 saturated heterocycles. The summed E-state index contributed by atoms with van der Waals surface area (Å²) in [6.45, 7) is 0. The third-order valence-electron chi connectivity index (χ3n) is 1.54. The summed E-state index contributed by atoms with van der Waals surface area (Å²) in [5, 5.41) is 17.9. The van der Waals surface area contributed by atoms with Crippen LogP contribution in [-0.2, 0) is 4.74 Å². The smallest absolute Gasteiger partial charge is 0.182 e. The van der Waals surface area contributed by atoms with Gasteiger partial charge in [-0.05, 0) is 12.8 Å². The van der Waals surface area contributed by atoms with Gasteiger partial charge in [-0.1, -0.05) is 5.92 Å². The van der Waals surface area contributed by atoms with Gasteiger partial charge in [0.25, 0.3) is 0 Å². The van der Waals surface area contributed by atoms with Gasteiger partial charge in [0.05, 0.1) is 0 Å². The second kappa shape index (κ2) is 3.02. The molecule has 0 spiro atoms. The van der Waals surface area contributed by atoms with Crippen molar-refractivity contribution < 1.29 is 14.9 Å². The number of ether oxygens (including phenoxy) is 1. The van der Waals surface area contributed by atoms with Gasteiger partial charge in [-0.15, -0.1) is 6.42 Å². The van der Waals surface area contributed by atoms with Crippen molar-refractivity contribution in [2.45, 2.75) is 31.3 Å². The fourth-order valence-corrected chi connectivity index (χ4v) is 0.914. The summed E-state index contributed by atoms with van der Waals surface area (Å²) in [5.41, 5.74) is 0. The van der Waals surface area contributed by atoms with Crippen molar-refractivity contribution in [3.8, 4) is 12.3 Å². The second-order valence-electron chi connectivity index (χ2n) is 2.33. The summed E-state index contributed by atoms with van der Waals surface area (Å²) >= 11 is 0. The molecule has 0 aromatic rings. The number of hydrogen-bond acceptors (Lipinski definition) is 3. The van der Waals surface area contributed by atoms with Crippen molar-refractivity contribution in [1.82, 2.24) is 0 Å². The average Bonchev–Trinajstić information content (AvgIpc) is 1.95. The second-order valence-corrected chi connectivity index (χ2v) is 2.33. The van der Waals surface area contributed by atoms with Gasteiger partial charge < -0.3 is 14.9 Å². The molecule has 2 N–H and O–H groups in total. The SMILES string of the molecule is C#CC1CC[C@H](O)C(O)O1. The fraction of sp³-hybridized carbons (Fsp3) is 0.714.